The van der Waals surface area contributed by atoms with Crippen molar-refractivity contribution in [3.8, 4) is 0 Å². The van der Waals surface area contributed by atoms with Gasteiger partial charge >= 0.3 is 6.03 Å². The molecular formula is C16H17FN2O. The van der Waals surface area contributed by atoms with Crippen LogP contribution in [0.1, 0.15) is 16.7 Å². The van der Waals surface area contributed by atoms with Gasteiger partial charge in [0.15, 0.2) is 0 Å². The number of carbonyl (C=O) groups excluding carboxylic acids is 1. The van der Waals surface area contributed by atoms with Crippen molar-refractivity contribution in [3.63, 3.8) is 0 Å². The minimum atomic E-state index is -0.280. The van der Waals surface area contributed by atoms with Crippen molar-refractivity contribution in [2.24, 2.45) is 0 Å². The number of benzene rings is 2. The van der Waals surface area contributed by atoms with E-state index in [-0.39, 0.29) is 11.8 Å². The highest BCUT2D eigenvalue weighted by molar-refractivity contribution is 5.73. The van der Waals surface area contributed by atoms with Crippen LogP contribution in [0.5, 0.6) is 0 Å². The molecule has 0 aromatic heterocycles. The minimum absolute atomic E-state index is 0.241. The van der Waals surface area contributed by atoms with E-state index in [1.54, 1.807) is 12.1 Å². The van der Waals surface area contributed by atoms with E-state index in [1.165, 1.54) is 17.7 Å². The van der Waals surface area contributed by atoms with Crippen LogP contribution in [0.4, 0.5) is 9.18 Å². The number of aryl methyl sites for hydroxylation is 1. The zero-order chi connectivity index (χ0) is 14.4. The maximum absolute atomic E-state index is 12.7. The first-order valence-corrected chi connectivity index (χ1v) is 6.45. The van der Waals surface area contributed by atoms with Crippen LogP contribution in [0.15, 0.2) is 48.5 Å². The van der Waals surface area contributed by atoms with Crippen LogP contribution in [-0.4, -0.2) is 6.03 Å². The molecule has 3 nitrogen and oxygen atoms in total. The van der Waals surface area contributed by atoms with Crippen molar-refractivity contribution in [2.75, 3.05) is 0 Å². The van der Waals surface area contributed by atoms with Gasteiger partial charge in [-0.1, -0.05) is 42.0 Å². The molecule has 2 rings (SSSR count). The second-order valence-electron chi connectivity index (χ2n) is 4.65. The van der Waals surface area contributed by atoms with Crippen LogP contribution in [0.2, 0.25) is 0 Å². The average molecular weight is 272 g/mol. The van der Waals surface area contributed by atoms with Gasteiger partial charge in [0, 0.05) is 13.1 Å². The maximum atomic E-state index is 12.7. The van der Waals surface area contributed by atoms with Gasteiger partial charge in [-0.3, -0.25) is 0 Å². The topological polar surface area (TPSA) is 41.1 Å². The number of hydrogen-bond donors (Lipinski definition) is 2. The van der Waals surface area contributed by atoms with Gasteiger partial charge < -0.3 is 10.6 Å². The smallest absolute Gasteiger partial charge is 0.315 e. The summed E-state index contributed by atoms with van der Waals surface area (Å²) in [7, 11) is 0. The molecule has 0 bridgehead atoms. The lowest BCUT2D eigenvalue weighted by atomic mass is 10.1. The summed E-state index contributed by atoms with van der Waals surface area (Å²) in [5.41, 5.74) is 3.10. The SMILES string of the molecule is Cc1ccc(CNC(=O)NCc2ccc(F)cc2)cc1. The van der Waals surface area contributed by atoms with Crippen LogP contribution in [-0.2, 0) is 13.1 Å². The quantitative estimate of drug-likeness (QED) is 0.882. The Morgan fingerprint density at radius 3 is 1.85 bits per heavy atom. The molecule has 0 aliphatic rings. The molecule has 0 saturated heterocycles. The molecule has 2 amide bonds. The van der Waals surface area contributed by atoms with Gasteiger partial charge in [0.1, 0.15) is 5.82 Å². The third-order valence-electron chi connectivity index (χ3n) is 2.94. The monoisotopic (exact) mass is 272 g/mol. The average Bonchev–Trinajstić information content (AvgIpc) is 2.46. The first kappa shape index (κ1) is 14.1. The number of carbonyl (C=O) groups is 1. The van der Waals surface area contributed by atoms with E-state index in [0.717, 1.165) is 11.1 Å². The predicted molar refractivity (Wildman–Crippen MR) is 76.7 cm³/mol. The molecule has 0 saturated carbocycles. The number of nitrogens with one attached hydrogen (secondary N) is 2. The molecule has 0 aliphatic heterocycles. The normalized spacial score (nSPS) is 10.1. The Balaban J connectivity index is 1.75. The molecule has 0 aliphatic carbocycles. The van der Waals surface area contributed by atoms with Crippen LogP contribution in [0.25, 0.3) is 0 Å². The number of amides is 2. The van der Waals surface area contributed by atoms with Crippen LogP contribution >= 0.6 is 0 Å². The van der Waals surface area contributed by atoms with Crippen molar-refractivity contribution in [1.29, 1.82) is 0 Å². The second kappa shape index (κ2) is 6.70. The highest BCUT2D eigenvalue weighted by Gasteiger charge is 2.01. The van der Waals surface area contributed by atoms with E-state index >= 15 is 0 Å². The molecule has 0 fully saturated rings. The van der Waals surface area contributed by atoms with Crippen molar-refractivity contribution in [1.82, 2.24) is 10.6 Å². The zero-order valence-electron chi connectivity index (χ0n) is 11.3. The molecule has 0 heterocycles. The summed E-state index contributed by atoms with van der Waals surface area (Å²) in [6, 6.07) is 13.8. The maximum Gasteiger partial charge on any atom is 0.315 e. The largest absolute Gasteiger partial charge is 0.334 e. The van der Waals surface area contributed by atoms with Gasteiger partial charge in [-0.15, -0.1) is 0 Å². The molecular weight excluding hydrogens is 255 g/mol. The predicted octanol–water partition coefficient (Wildman–Crippen LogP) is 3.13. The number of halogens is 1. The molecule has 0 atom stereocenters. The van der Waals surface area contributed by atoms with Gasteiger partial charge in [0.25, 0.3) is 0 Å². The van der Waals surface area contributed by atoms with E-state index in [0.29, 0.717) is 13.1 Å². The van der Waals surface area contributed by atoms with Crippen LogP contribution in [0.3, 0.4) is 0 Å². The van der Waals surface area contributed by atoms with E-state index in [1.807, 2.05) is 31.2 Å². The summed E-state index contributed by atoms with van der Waals surface area (Å²) in [5, 5.41) is 5.50. The van der Waals surface area contributed by atoms with E-state index in [4.69, 9.17) is 0 Å². The first-order valence-electron chi connectivity index (χ1n) is 6.45. The first-order chi connectivity index (χ1) is 9.63. The molecule has 2 aromatic rings. The van der Waals surface area contributed by atoms with E-state index in [9.17, 15) is 9.18 Å². The fourth-order valence-electron chi connectivity index (χ4n) is 1.74. The Labute approximate surface area is 117 Å². The Morgan fingerprint density at radius 1 is 0.900 bits per heavy atom. The van der Waals surface area contributed by atoms with Crippen molar-refractivity contribution < 1.29 is 9.18 Å². The van der Waals surface area contributed by atoms with Gasteiger partial charge in [-0.2, -0.15) is 0 Å². The number of hydrogen-bond acceptors (Lipinski definition) is 1. The summed E-state index contributed by atoms with van der Waals surface area (Å²) < 4.78 is 12.7. The molecule has 2 aromatic carbocycles. The van der Waals surface area contributed by atoms with Gasteiger partial charge in [-0.05, 0) is 30.2 Å². The Morgan fingerprint density at radius 2 is 1.35 bits per heavy atom. The highest BCUT2D eigenvalue weighted by atomic mass is 19.1. The number of urea groups is 1. The fourth-order valence-corrected chi connectivity index (χ4v) is 1.74. The lowest BCUT2D eigenvalue weighted by Gasteiger charge is -2.08. The molecule has 0 unspecified atom stereocenters. The summed E-state index contributed by atoms with van der Waals surface area (Å²) in [4.78, 5) is 11.6. The third-order valence-corrected chi connectivity index (χ3v) is 2.94. The Hall–Kier alpha value is -2.36. The summed E-state index contributed by atoms with van der Waals surface area (Å²) in [6.45, 7) is 2.88. The molecule has 104 valence electrons. The molecule has 0 radical (unpaired) electrons. The van der Waals surface area contributed by atoms with Gasteiger partial charge in [0.05, 0.1) is 0 Å². The second-order valence-corrected chi connectivity index (χ2v) is 4.65. The van der Waals surface area contributed by atoms with Crippen molar-refractivity contribution in [2.45, 2.75) is 20.0 Å². The van der Waals surface area contributed by atoms with Gasteiger partial charge in [0.2, 0.25) is 0 Å². The summed E-state index contributed by atoms with van der Waals surface area (Å²) in [5.74, 6) is -0.280. The van der Waals surface area contributed by atoms with Gasteiger partial charge in [-0.25, -0.2) is 9.18 Å². The Bertz CT molecular complexity index is 513. The van der Waals surface area contributed by atoms with Crippen LogP contribution < -0.4 is 10.6 Å². The highest BCUT2D eigenvalue weighted by Crippen LogP contribution is 2.03. The number of rotatable bonds is 4. The van der Waals surface area contributed by atoms with E-state index < -0.39 is 0 Å². The molecule has 20 heavy (non-hydrogen) atoms. The van der Waals surface area contributed by atoms with Crippen LogP contribution in [0, 0.1) is 12.7 Å². The molecule has 0 spiro atoms. The van der Waals surface area contributed by atoms with Crippen molar-refractivity contribution >= 4 is 6.03 Å². The minimum Gasteiger partial charge on any atom is -0.334 e. The standard InChI is InChI=1S/C16H17FN2O/c1-12-2-4-13(5-3-12)10-18-16(20)19-11-14-6-8-15(17)9-7-14/h2-9H,10-11H2,1H3,(H2,18,19,20). The Kier molecular flexibility index (Phi) is 4.71. The molecule has 2 N–H and O–H groups in total. The third kappa shape index (κ3) is 4.39. The summed E-state index contributed by atoms with van der Waals surface area (Å²) >= 11 is 0. The van der Waals surface area contributed by atoms with Crippen molar-refractivity contribution in [3.05, 3.63) is 71.0 Å². The zero-order valence-corrected chi connectivity index (χ0v) is 11.3. The lowest BCUT2D eigenvalue weighted by molar-refractivity contribution is 0.240. The molecule has 4 heteroatoms. The summed E-state index contributed by atoms with van der Waals surface area (Å²) in [6.07, 6.45) is 0. The lowest BCUT2D eigenvalue weighted by Crippen LogP contribution is -2.34. The fraction of sp³-hybridized carbons (Fsp3) is 0.188. The van der Waals surface area contributed by atoms with E-state index in [2.05, 4.69) is 10.6 Å².